The van der Waals surface area contributed by atoms with E-state index in [1.54, 1.807) is 18.2 Å². The predicted molar refractivity (Wildman–Crippen MR) is 89.6 cm³/mol. The molecule has 6 nitrogen and oxygen atoms in total. The second kappa shape index (κ2) is 7.53. The fraction of sp³-hybridized carbons (Fsp3) is 0.158. The minimum Gasteiger partial charge on any atom is -0.467 e. The molecular weight excluding hydrogens is 322 g/mol. The molecule has 1 aromatic carbocycles. The predicted octanol–water partition coefficient (Wildman–Crippen LogP) is 3.40. The van der Waals surface area contributed by atoms with Crippen molar-refractivity contribution in [2.75, 3.05) is 0 Å². The van der Waals surface area contributed by atoms with Crippen molar-refractivity contribution in [3.8, 4) is 11.1 Å². The molecule has 0 aliphatic heterocycles. The van der Waals surface area contributed by atoms with Crippen molar-refractivity contribution in [1.82, 2.24) is 5.32 Å². The molecule has 6 heteroatoms. The number of rotatable bonds is 6. The largest absolute Gasteiger partial charge is 0.467 e. The molecule has 0 spiro atoms. The van der Waals surface area contributed by atoms with Crippen LogP contribution in [0.25, 0.3) is 11.1 Å². The van der Waals surface area contributed by atoms with E-state index in [2.05, 4.69) is 5.32 Å². The number of furan rings is 2. The Bertz CT molecular complexity index is 836. The normalized spacial score (nSPS) is 11.7. The van der Waals surface area contributed by atoms with Crippen LogP contribution in [0.4, 0.5) is 0 Å². The lowest BCUT2D eigenvalue weighted by atomic mass is 10.1. The Hall–Kier alpha value is -3.28. The van der Waals surface area contributed by atoms with Crippen LogP contribution < -0.4 is 5.32 Å². The van der Waals surface area contributed by atoms with Crippen molar-refractivity contribution < 1.29 is 23.2 Å². The van der Waals surface area contributed by atoms with Gasteiger partial charge in [-0.1, -0.05) is 30.3 Å². The number of benzene rings is 1. The molecule has 0 bridgehead atoms. The van der Waals surface area contributed by atoms with E-state index in [-0.39, 0.29) is 12.3 Å². The van der Waals surface area contributed by atoms with Crippen LogP contribution in [0.2, 0.25) is 0 Å². The SMILES string of the molecule is CC(OC(=O)c1occc1-c1ccccc1)C(=O)NCc1ccco1. The number of hydrogen-bond donors (Lipinski definition) is 1. The van der Waals surface area contributed by atoms with Crippen molar-refractivity contribution in [3.63, 3.8) is 0 Å². The van der Waals surface area contributed by atoms with Gasteiger partial charge in [-0.15, -0.1) is 0 Å². The quantitative estimate of drug-likeness (QED) is 0.696. The maximum absolute atomic E-state index is 12.3. The van der Waals surface area contributed by atoms with Crippen LogP contribution in [-0.2, 0) is 16.1 Å². The molecule has 0 saturated heterocycles. The summed E-state index contributed by atoms with van der Waals surface area (Å²) in [7, 11) is 0. The third-order valence-electron chi connectivity index (χ3n) is 3.61. The summed E-state index contributed by atoms with van der Waals surface area (Å²) in [5.74, 6) is -0.428. The number of carbonyl (C=O) groups excluding carboxylic acids is 2. The topological polar surface area (TPSA) is 81.7 Å². The molecule has 1 amide bonds. The summed E-state index contributed by atoms with van der Waals surface area (Å²) in [5, 5.41) is 2.64. The van der Waals surface area contributed by atoms with Crippen molar-refractivity contribution in [3.05, 3.63) is 72.6 Å². The fourth-order valence-electron chi connectivity index (χ4n) is 2.31. The van der Waals surface area contributed by atoms with Gasteiger partial charge in [0.15, 0.2) is 6.10 Å². The third kappa shape index (κ3) is 3.98. The first-order chi connectivity index (χ1) is 12.1. The van der Waals surface area contributed by atoms with Crippen LogP contribution in [0.5, 0.6) is 0 Å². The van der Waals surface area contributed by atoms with Gasteiger partial charge in [-0.3, -0.25) is 4.79 Å². The fourth-order valence-corrected chi connectivity index (χ4v) is 2.31. The van der Waals surface area contributed by atoms with Gasteiger partial charge < -0.3 is 18.9 Å². The minimum absolute atomic E-state index is 0.0666. The molecule has 2 heterocycles. The highest BCUT2D eigenvalue weighted by Crippen LogP contribution is 2.25. The second-order valence-corrected chi connectivity index (χ2v) is 5.37. The smallest absolute Gasteiger partial charge is 0.375 e. The van der Waals surface area contributed by atoms with E-state index in [0.717, 1.165) is 5.56 Å². The maximum Gasteiger partial charge on any atom is 0.375 e. The van der Waals surface area contributed by atoms with Gasteiger partial charge in [0.2, 0.25) is 5.76 Å². The highest BCUT2D eigenvalue weighted by molar-refractivity contribution is 5.96. The first-order valence-corrected chi connectivity index (χ1v) is 7.79. The van der Waals surface area contributed by atoms with Crippen molar-refractivity contribution in [2.45, 2.75) is 19.6 Å². The van der Waals surface area contributed by atoms with Crippen LogP contribution in [-0.4, -0.2) is 18.0 Å². The van der Waals surface area contributed by atoms with Crippen LogP contribution in [0.3, 0.4) is 0 Å². The lowest BCUT2D eigenvalue weighted by Crippen LogP contribution is -2.35. The van der Waals surface area contributed by atoms with Gasteiger partial charge in [0.05, 0.1) is 19.1 Å². The van der Waals surface area contributed by atoms with Gasteiger partial charge >= 0.3 is 5.97 Å². The maximum atomic E-state index is 12.3. The van der Waals surface area contributed by atoms with Crippen LogP contribution >= 0.6 is 0 Å². The molecule has 128 valence electrons. The average molecular weight is 339 g/mol. The molecule has 1 unspecified atom stereocenters. The lowest BCUT2D eigenvalue weighted by Gasteiger charge is -2.12. The number of ether oxygens (including phenoxy) is 1. The Balaban J connectivity index is 1.62. The average Bonchev–Trinajstić information content (AvgIpc) is 3.31. The lowest BCUT2D eigenvalue weighted by molar-refractivity contribution is -0.129. The summed E-state index contributed by atoms with van der Waals surface area (Å²) < 4.78 is 15.6. The van der Waals surface area contributed by atoms with E-state index in [1.807, 2.05) is 30.3 Å². The Kier molecular flexibility index (Phi) is 4.99. The molecule has 25 heavy (non-hydrogen) atoms. The van der Waals surface area contributed by atoms with E-state index in [4.69, 9.17) is 13.6 Å². The molecule has 3 aromatic rings. The summed E-state index contributed by atoms with van der Waals surface area (Å²) in [5.41, 5.74) is 1.45. The molecule has 0 aliphatic carbocycles. The minimum atomic E-state index is -0.962. The summed E-state index contributed by atoms with van der Waals surface area (Å²) in [6, 6.07) is 14.5. The number of esters is 1. The third-order valence-corrected chi connectivity index (χ3v) is 3.61. The van der Waals surface area contributed by atoms with Crippen molar-refractivity contribution >= 4 is 11.9 Å². The van der Waals surface area contributed by atoms with E-state index in [9.17, 15) is 9.59 Å². The number of amides is 1. The first kappa shape index (κ1) is 16.6. The highest BCUT2D eigenvalue weighted by Gasteiger charge is 2.23. The summed E-state index contributed by atoms with van der Waals surface area (Å²) >= 11 is 0. The molecule has 1 N–H and O–H groups in total. The van der Waals surface area contributed by atoms with Crippen LogP contribution in [0.1, 0.15) is 23.2 Å². The molecule has 1 atom stereocenters. The number of hydrogen-bond acceptors (Lipinski definition) is 5. The Morgan fingerprint density at radius 2 is 1.84 bits per heavy atom. The molecule has 0 radical (unpaired) electrons. The molecule has 2 aromatic heterocycles. The Morgan fingerprint density at radius 3 is 2.56 bits per heavy atom. The summed E-state index contributed by atoms with van der Waals surface area (Å²) in [4.78, 5) is 24.4. The van der Waals surface area contributed by atoms with Gasteiger partial charge in [0.1, 0.15) is 5.76 Å². The van der Waals surface area contributed by atoms with E-state index in [0.29, 0.717) is 11.3 Å². The van der Waals surface area contributed by atoms with Gasteiger partial charge in [-0.25, -0.2) is 4.79 Å². The highest BCUT2D eigenvalue weighted by atomic mass is 16.6. The molecular formula is C19H17NO5. The van der Waals surface area contributed by atoms with Gasteiger partial charge in [0.25, 0.3) is 5.91 Å². The Labute approximate surface area is 144 Å². The molecule has 3 rings (SSSR count). The zero-order valence-electron chi connectivity index (χ0n) is 13.6. The Morgan fingerprint density at radius 1 is 1.04 bits per heavy atom. The summed E-state index contributed by atoms with van der Waals surface area (Å²) in [6.07, 6.45) is 1.98. The molecule has 0 saturated carbocycles. The van der Waals surface area contributed by atoms with E-state index in [1.165, 1.54) is 19.5 Å². The molecule has 0 aliphatic rings. The van der Waals surface area contributed by atoms with Gasteiger partial charge in [0, 0.05) is 5.56 Å². The van der Waals surface area contributed by atoms with Crippen molar-refractivity contribution in [1.29, 1.82) is 0 Å². The number of nitrogens with one attached hydrogen (secondary N) is 1. The van der Waals surface area contributed by atoms with Crippen LogP contribution in [0, 0.1) is 0 Å². The first-order valence-electron chi connectivity index (χ1n) is 7.79. The van der Waals surface area contributed by atoms with E-state index < -0.39 is 18.0 Å². The van der Waals surface area contributed by atoms with Crippen LogP contribution in [0.15, 0.2) is 69.9 Å². The van der Waals surface area contributed by atoms with Gasteiger partial charge in [-0.2, -0.15) is 0 Å². The zero-order chi connectivity index (χ0) is 17.6. The zero-order valence-corrected chi connectivity index (χ0v) is 13.6. The second-order valence-electron chi connectivity index (χ2n) is 5.37. The number of carbonyl (C=O) groups is 2. The standard InChI is InChI=1S/C19H17NO5/c1-13(18(21)20-12-15-8-5-10-23-15)25-19(22)17-16(9-11-24-17)14-6-3-2-4-7-14/h2-11,13H,12H2,1H3,(H,20,21). The van der Waals surface area contributed by atoms with Gasteiger partial charge in [-0.05, 0) is 30.7 Å². The van der Waals surface area contributed by atoms with E-state index >= 15 is 0 Å². The van der Waals surface area contributed by atoms with Crippen molar-refractivity contribution in [2.24, 2.45) is 0 Å². The summed E-state index contributed by atoms with van der Waals surface area (Å²) in [6.45, 7) is 1.73. The molecule has 0 fully saturated rings. The monoisotopic (exact) mass is 339 g/mol.